The molecule has 1 aromatic carbocycles. The first-order chi connectivity index (χ1) is 10.3. The lowest BCUT2D eigenvalue weighted by atomic mass is 9.58. The molecule has 1 N–H and O–H groups in total. The summed E-state index contributed by atoms with van der Waals surface area (Å²) in [4.78, 5) is 12.4. The number of benzene rings is 1. The van der Waals surface area contributed by atoms with E-state index < -0.39 is 39.9 Å². The Hall–Kier alpha value is -1.98. The van der Waals surface area contributed by atoms with Gasteiger partial charge in [-0.25, -0.2) is 4.39 Å². The van der Waals surface area contributed by atoms with Crippen molar-refractivity contribution in [3.63, 3.8) is 0 Å². The van der Waals surface area contributed by atoms with Gasteiger partial charge in [0.05, 0.1) is 5.41 Å². The molecule has 22 heavy (non-hydrogen) atoms. The minimum Gasteiger partial charge on any atom is -0.505 e. The summed E-state index contributed by atoms with van der Waals surface area (Å²) in [6.45, 7) is 1.81. The van der Waals surface area contributed by atoms with Crippen LogP contribution < -0.4 is 4.74 Å². The quantitative estimate of drug-likeness (QED) is 0.663. The molecule has 0 aromatic heterocycles. The molecule has 0 aliphatic heterocycles. The van der Waals surface area contributed by atoms with Crippen molar-refractivity contribution in [3.8, 4) is 11.5 Å². The van der Waals surface area contributed by atoms with Gasteiger partial charge >= 0.3 is 5.97 Å². The molecule has 0 radical (unpaired) electrons. The summed E-state index contributed by atoms with van der Waals surface area (Å²) >= 11 is 0. The molecule has 3 nitrogen and oxygen atoms in total. The third-order valence-electron chi connectivity index (χ3n) is 4.86. The van der Waals surface area contributed by atoms with E-state index in [0.717, 1.165) is 12.1 Å². The van der Waals surface area contributed by atoms with Crippen LogP contribution in [0.3, 0.4) is 0 Å². The number of rotatable bonds is 2. The van der Waals surface area contributed by atoms with Gasteiger partial charge in [-0.15, -0.1) is 0 Å². The van der Waals surface area contributed by atoms with Crippen LogP contribution >= 0.6 is 0 Å². The summed E-state index contributed by atoms with van der Waals surface area (Å²) < 4.78 is 46.0. The summed E-state index contributed by atoms with van der Waals surface area (Å²) in [5, 5.41) is 9.06. The lowest BCUT2D eigenvalue weighted by Crippen LogP contribution is -2.44. The van der Waals surface area contributed by atoms with Gasteiger partial charge in [0.2, 0.25) is 11.6 Å². The fraction of sp³-hybridized carbons (Fsp3) is 0.438. The number of phenolic OH excluding ortho intramolecular Hbond substituents is 1. The number of carbonyl (C=O) groups is 1. The van der Waals surface area contributed by atoms with E-state index in [1.54, 1.807) is 0 Å². The van der Waals surface area contributed by atoms with Crippen molar-refractivity contribution in [2.75, 3.05) is 0 Å². The predicted molar refractivity (Wildman–Crippen MR) is 71.9 cm³/mol. The topological polar surface area (TPSA) is 46.5 Å². The van der Waals surface area contributed by atoms with Gasteiger partial charge in [-0.1, -0.05) is 6.92 Å². The van der Waals surface area contributed by atoms with Crippen LogP contribution in [0.5, 0.6) is 11.5 Å². The second-order valence-electron chi connectivity index (χ2n) is 6.31. The normalized spacial score (nSPS) is 30.1. The second kappa shape index (κ2) is 4.76. The molecule has 1 fully saturated rings. The van der Waals surface area contributed by atoms with Crippen molar-refractivity contribution in [2.24, 2.45) is 10.8 Å². The molecule has 2 bridgehead atoms. The number of phenols is 1. The zero-order valence-corrected chi connectivity index (χ0v) is 12.0. The number of carbonyl (C=O) groups excluding carboxylic acids is 1. The molecular formula is C16H15F3O3. The Balaban J connectivity index is 1.89. The monoisotopic (exact) mass is 312 g/mol. The number of hydrogen-bond donors (Lipinski definition) is 1. The van der Waals surface area contributed by atoms with Crippen molar-refractivity contribution in [2.45, 2.75) is 32.6 Å². The highest BCUT2D eigenvalue weighted by atomic mass is 19.2. The summed E-state index contributed by atoms with van der Waals surface area (Å²) in [7, 11) is 0. The smallest absolute Gasteiger partial charge is 0.321 e. The lowest BCUT2D eigenvalue weighted by Gasteiger charge is -2.46. The van der Waals surface area contributed by atoms with Gasteiger partial charge in [-0.05, 0) is 43.9 Å². The number of fused-ring (bicyclic) bond motifs is 2. The van der Waals surface area contributed by atoms with E-state index >= 15 is 0 Å². The first-order valence-electron chi connectivity index (χ1n) is 7.06. The van der Waals surface area contributed by atoms with Gasteiger partial charge in [-0.2, -0.15) is 8.78 Å². The van der Waals surface area contributed by atoms with Gasteiger partial charge in [0.25, 0.3) is 0 Å². The van der Waals surface area contributed by atoms with Gasteiger partial charge in [0.15, 0.2) is 11.5 Å². The first kappa shape index (κ1) is 14.9. The molecule has 4 rings (SSSR count). The van der Waals surface area contributed by atoms with Crippen molar-refractivity contribution in [1.82, 2.24) is 0 Å². The van der Waals surface area contributed by atoms with Crippen LogP contribution in [0.1, 0.15) is 32.6 Å². The fourth-order valence-electron chi connectivity index (χ4n) is 3.11. The molecule has 1 aromatic rings. The summed E-state index contributed by atoms with van der Waals surface area (Å²) in [5.41, 5.74) is -1.65. The third kappa shape index (κ3) is 2.09. The Morgan fingerprint density at radius 2 is 1.77 bits per heavy atom. The maximum atomic E-state index is 14.1. The Morgan fingerprint density at radius 1 is 1.14 bits per heavy atom. The second-order valence-corrected chi connectivity index (χ2v) is 6.31. The van der Waals surface area contributed by atoms with Crippen LogP contribution in [-0.2, 0) is 4.79 Å². The number of hydrogen-bond acceptors (Lipinski definition) is 3. The minimum atomic E-state index is -1.48. The van der Waals surface area contributed by atoms with Gasteiger partial charge < -0.3 is 9.84 Å². The number of allylic oxidation sites excluding steroid dienone is 1. The molecule has 0 saturated heterocycles. The lowest BCUT2D eigenvalue weighted by molar-refractivity contribution is -0.147. The van der Waals surface area contributed by atoms with E-state index in [-0.39, 0.29) is 5.83 Å². The van der Waals surface area contributed by atoms with E-state index in [4.69, 9.17) is 9.84 Å². The molecule has 3 aliphatic carbocycles. The maximum Gasteiger partial charge on any atom is 0.321 e. The predicted octanol–water partition coefficient (Wildman–Crippen LogP) is 4.01. The van der Waals surface area contributed by atoms with Gasteiger partial charge in [0.1, 0.15) is 5.83 Å². The standard InChI is InChI=1S/C16H15F3O3/c1-15-4-6-16(7-5-15,8-11(15)17)14(21)22-10-3-2-9(20)12(18)13(10)19/h2-3,8,20H,4-7H2,1H3. The highest BCUT2D eigenvalue weighted by molar-refractivity contribution is 5.82. The van der Waals surface area contributed by atoms with Crippen LogP contribution in [0.2, 0.25) is 0 Å². The van der Waals surface area contributed by atoms with Crippen molar-refractivity contribution in [1.29, 1.82) is 0 Å². The van der Waals surface area contributed by atoms with Crippen LogP contribution in [0.4, 0.5) is 13.2 Å². The zero-order valence-electron chi connectivity index (χ0n) is 12.0. The largest absolute Gasteiger partial charge is 0.505 e. The Bertz CT molecular complexity index is 673. The molecule has 0 spiro atoms. The van der Waals surface area contributed by atoms with Crippen molar-refractivity contribution >= 4 is 5.97 Å². The highest BCUT2D eigenvalue weighted by Crippen LogP contribution is 2.56. The maximum absolute atomic E-state index is 14.1. The van der Waals surface area contributed by atoms with E-state index in [9.17, 15) is 18.0 Å². The molecular weight excluding hydrogens is 297 g/mol. The SMILES string of the molecule is CC12CCC(C(=O)Oc3ccc(O)c(F)c3F)(C=C1F)CC2. The molecule has 1 saturated carbocycles. The van der Waals surface area contributed by atoms with Crippen LogP contribution in [0.15, 0.2) is 24.0 Å². The molecule has 0 amide bonds. The summed E-state index contributed by atoms with van der Waals surface area (Å²) in [6.07, 6.45) is 3.11. The van der Waals surface area contributed by atoms with E-state index in [1.807, 2.05) is 6.92 Å². The van der Waals surface area contributed by atoms with E-state index in [2.05, 4.69) is 0 Å². The number of aromatic hydroxyl groups is 1. The molecule has 0 heterocycles. The minimum absolute atomic E-state index is 0.348. The average molecular weight is 312 g/mol. The van der Waals surface area contributed by atoms with Crippen LogP contribution in [0.25, 0.3) is 0 Å². The van der Waals surface area contributed by atoms with Crippen LogP contribution in [-0.4, -0.2) is 11.1 Å². The fourth-order valence-corrected chi connectivity index (χ4v) is 3.11. The van der Waals surface area contributed by atoms with Crippen molar-refractivity contribution in [3.05, 3.63) is 35.7 Å². The van der Waals surface area contributed by atoms with Gasteiger partial charge in [-0.3, -0.25) is 4.79 Å². The zero-order chi connectivity index (χ0) is 16.1. The highest BCUT2D eigenvalue weighted by Gasteiger charge is 2.52. The van der Waals surface area contributed by atoms with E-state index in [0.29, 0.717) is 25.7 Å². The Labute approximate surface area is 125 Å². The summed E-state index contributed by atoms with van der Waals surface area (Å²) in [6, 6.07) is 1.87. The number of ether oxygens (including phenoxy) is 1. The van der Waals surface area contributed by atoms with Crippen molar-refractivity contribution < 1.29 is 27.8 Å². The molecule has 3 aliphatic rings. The molecule has 0 unspecified atom stereocenters. The number of esters is 1. The first-order valence-corrected chi connectivity index (χ1v) is 7.06. The average Bonchev–Trinajstić information content (AvgIpc) is 2.49. The van der Waals surface area contributed by atoms with E-state index in [1.165, 1.54) is 6.08 Å². The molecule has 0 atom stereocenters. The summed E-state index contributed by atoms with van der Waals surface area (Å²) in [5.74, 6) is -5.54. The number of halogens is 3. The Morgan fingerprint density at radius 3 is 2.36 bits per heavy atom. The Kier molecular flexibility index (Phi) is 3.23. The van der Waals surface area contributed by atoms with Crippen LogP contribution in [0, 0.1) is 22.5 Å². The molecule has 118 valence electrons. The third-order valence-corrected chi connectivity index (χ3v) is 4.86. The molecule has 6 heteroatoms. The van der Waals surface area contributed by atoms with Gasteiger partial charge in [0, 0.05) is 5.41 Å².